The van der Waals surface area contributed by atoms with Crippen molar-refractivity contribution in [2.24, 2.45) is 47.2 Å². The van der Waals surface area contributed by atoms with E-state index in [1.54, 1.807) is 25.2 Å². The molecule has 3 saturated heterocycles. The van der Waals surface area contributed by atoms with Gasteiger partial charge >= 0.3 is 24.9 Å². The van der Waals surface area contributed by atoms with Crippen LogP contribution in [-0.2, 0) is 52.7 Å². The number of likely N-dealkylation sites (tertiary alicyclic amines) is 2. The fourth-order valence-corrected chi connectivity index (χ4v) is 8.96. The van der Waals surface area contributed by atoms with Crippen molar-refractivity contribution in [1.82, 2.24) is 36.4 Å². The number of nitrogens with two attached hydrogens (primary N) is 1. The predicted molar refractivity (Wildman–Crippen MR) is 284 cm³/mol. The normalized spacial score (nSPS) is 21.6. The van der Waals surface area contributed by atoms with Crippen molar-refractivity contribution < 1.29 is 87.8 Å². The number of nitrogens with zero attached hydrogens (tertiary/aromatic N) is 2. The van der Waals surface area contributed by atoms with Crippen molar-refractivity contribution in [3.63, 3.8) is 0 Å². The van der Waals surface area contributed by atoms with Gasteiger partial charge in [0, 0.05) is 64.4 Å². The first-order valence-electron chi connectivity index (χ1n) is 27.2. The number of ether oxygens (including phenoxy) is 1. The van der Waals surface area contributed by atoms with E-state index in [0.29, 0.717) is 37.6 Å². The summed E-state index contributed by atoms with van der Waals surface area (Å²) in [4.78, 5) is 107. The van der Waals surface area contributed by atoms with E-state index in [-0.39, 0.29) is 42.0 Å². The molecule has 5 amide bonds. The van der Waals surface area contributed by atoms with Crippen molar-refractivity contribution in [2.75, 3.05) is 67.0 Å². The lowest BCUT2D eigenvalue weighted by atomic mass is 9.93. The molecule has 0 aromatic rings. The van der Waals surface area contributed by atoms with Gasteiger partial charge in [-0.2, -0.15) is 35.1 Å². The Balaban J connectivity index is -0.000000875. The molecular formula is C53H90F8N8O11. The van der Waals surface area contributed by atoms with Crippen LogP contribution in [0.2, 0.25) is 0 Å². The first-order valence-corrected chi connectivity index (χ1v) is 27.2. The second-order valence-electron chi connectivity index (χ2n) is 19.3. The van der Waals surface area contributed by atoms with Gasteiger partial charge in [-0.05, 0) is 121 Å². The molecule has 0 spiro atoms. The summed E-state index contributed by atoms with van der Waals surface area (Å²) in [5.41, 5.74) is 4.17. The van der Waals surface area contributed by atoms with Gasteiger partial charge < -0.3 is 61.2 Å². The second kappa shape index (κ2) is 47.3. The molecule has 0 aromatic heterocycles. The predicted octanol–water partition coefficient (Wildman–Crippen LogP) is 5.50. The minimum absolute atomic E-state index is 0.0103. The highest BCUT2D eigenvalue weighted by Gasteiger charge is 2.49. The summed E-state index contributed by atoms with van der Waals surface area (Å²) in [6.07, 6.45) is 9.48. The number of carbonyl (C=O) groups excluding carboxylic acids is 10. The zero-order valence-corrected chi connectivity index (χ0v) is 47.5. The molecular weight excluding hydrogens is 1080 g/mol. The average Bonchev–Trinajstić information content (AvgIpc) is 3.74. The van der Waals surface area contributed by atoms with Gasteiger partial charge in [-0.3, -0.25) is 28.8 Å². The molecule has 7 N–H and O–H groups in total. The SMILES string of the molecule is CC.CC1CC1.CNCC(=O)N1C[C@@H]2CCC[C@@H]2[C@H]1C(=O)NC.CNCCC[C@H](C=O)CCC=O.C[C@H](CNC(=O)C(F)(F)F)OC(F)F.NC=O.O=C=CN1C[C@H]2CCC[C@H]2C1.O=CC(F)(F)F.O=CCC[C@@H]1CCCNC1=O. The zero-order chi connectivity index (χ0) is 61.7. The molecule has 0 bridgehead atoms. The molecule has 464 valence electrons. The lowest BCUT2D eigenvalue weighted by molar-refractivity contribution is -0.177. The zero-order valence-electron chi connectivity index (χ0n) is 47.5. The molecule has 0 aromatic carbocycles. The van der Waals surface area contributed by atoms with Crippen LogP contribution in [0.25, 0.3) is 0 Å². The molecule has 8 atom stereocenters. The van der Waals surface area contributed by atoms with Crippen molar-refractivity contribution in [1.29, 1.82) is 0 Å². The van der Waals surface area contributed by atoms with Gasteiger partial charge in [0.1, 0.15) is 30.8 Å². The van der Waals surface area contributed by atoms with Crippen LogP contribution < -0.4 is 32.3 Å². The van der Waals surface area contributed by atoms with E-state index >= 15 is 0 Å². The topological polar surface area (TPSA) is 273 Å². The Bertz CT molecular complexity index is 1770. The second-order valence-corrected chi connectivity index (χ2v) is 19.3. The number of carbonyl (C=O) groups is 9. The highest BCUT2D eigenvalue weighted by atomic mass is 19.4. The van der Waals surface area contributed by atoms with Gasteiger partial charge in [0.2, 0.25) is 30.4 Å². The summed E-state index contributed by atoms with van der Waals surface area (Å²) in [6.45, 7) is 8.69. The van der Waals surface area contributed by atoms with Crippen LogP contribution in [0.4, 0.5) is 35.1 Å². The fraction of sp³-hybridized carbons (Fsp3) is 0.792. The maximum absolute atomic E-state index is 12.0. The third-order valence-electron chi connectivity index (χ3n) is 13.1. The Hall–Kier alpha value is -5.40. The standard InChI is InChI=1S/C12H21N3O2.C9H17NO2.C9H13NO.C8H13NO2.C6H8F5NO2.C4H8.C2HF3O.C2H6.CH3NO/c1-13-6-10(16)15-7-8-4-3-5-9(8)11(15)12(17)14-2;1-10-6-2-4-9(8-12)5-3-7-11;11-5-4-10-6-8-2-1-3-9(8)7-10;10-6-2-4-7-3-1-5-9-8(7)11;1-3(14-5(7)8)2-12-4(13)6(9,10)11;1-4-2-3-4;3-2(4,5)1-6;1-2;2-1-3/h8-9,11,13H,3-7H2,1-2H3,(H,14,17);7-10H,2-6H2,1H3;4,8-9H,1-3,6-7H2;6-7H,1-5H2,(H,9,11);3,5H,2H2,1H3,(H,12,13);4H,2-3H2,1H3;1H;1-2H3;1H,(H2,2,3)/t8-,9-,11-;9-;8-,9+;7-;3-;;;;/m00.01..../s1. The monoisotopic (exact) mass is 1170 g/mol. The highest BCUT2D eigenvalue weighted by molar-refractivity contribution is 5.89. The molecule has 27 heteroatoms. The van der Waals surface area contributed by atoms with Gasteiger partial charge in [0.15, 0.2) is 0 Å². The van der Waals surface area contributed by atoms with Gasteiger partial charge in [0.05, 0.1) is 18.8 Å². The average molecular weight is 1170 g/mol. The molecule has 6 aliphatic rings. The summed E-state index contributed by atoms with van der Waals surface area (Å²) in [5, 5.41) is 12.8. The van der Waals surface area contributed by atoms with E-state index in [1.165, 1.54) is 43.8 Å². The number of halogens is 8. The molecule has 3 aliphatic heterocycles. The van der Waals surface area contributed by atoms with E-state index in [2.05, 4.69) is 43.6 Å². The first kappa shape index (κ1) is 78.8. The highest BCUT2D eigenvalue weighted by Crippen LogP contribution is 2.42. The molecule has 80 heavy (non-hydrogen) atoms. The number of fused-ring (bicyclic) bond motifs is 2. The number of likely N-dealkylation sites (N-methyl/N-ethyl adjacent to an activating group) is 2. The Morgan fingerprint density at radius 2 is 1.38 bits per heavy atom. The smallest absolute Gasteiger partial charge is 0.372 e. The van der Waals surface area contributed by atoms with E-state index < -0.39 is 43.8 Å². The Labute approximate surface area is 466 Å². The summed E-state index contributed by atoms with van der Waals surface area (Å²) in [7, 11) is 5.29. The number of nitrogens with one attached hydrogen (secondary N) is 5. The molecule has 6 rings (SSSR count). The Kier molecular flexibility index (Phi) is 46.6. The maximum atomic E-state index is 12.0. The van der Waals surface area contributed by atoms with E-state index in [4.69, 9.17) is 9.59 Å². The van der Waals surface area contributed by atoms with E-state index in [9.17, 15) is 73.5 Å². The number of piperidine rings is 1. The third-order valence-corrected chi connectivity index (χ3v) is 13.1. The third kappa shape index (κ3) is 39.1. The number of aldehydes is 4. The van der Waals surface area contributed by atoms with Crippen LogP contribution in [0.3, 0.4) is 0 Å². The number of rotatable bonds is 19. The summed E-state index contributed by atoms with van der Waals surface area (Å²) >= 11 is 0. The number of hydrogen-bond donors (Lipinski definition) is 6. The molecule has 0 radical (unpaired) electrons. The molecule has 3 saturated carbocycles. The maximum Gasteiger partial charge on any atom is 0.471 e. The van der Waals surface area contributed by atoms with Crippen LogP contribution in [-0.4, -0.2) is 169 Å². The van der Waals surface area contributed by atoms with Gasteiger partial charge in [-0.1, -0.05) is 46.5 Å². The molecule has 19 nitrogen and oxygen atoms in total. The Morgan fingerprint density at radius 1 is 0.825 bits per heavy atom. The molecule has 0 unspecified atom stereocenters. The minimum atomic E-state index is -5.01. The number of amides is 5. The van der Waals surface area contributed by atoms with Gasteiger partial charge in [0.25, 0.3) is 0 Å². The van der Waals surface area contributed by atoms with Crippen molar-refractivity contribution in [3.05, 3.63) is 6.20 Å². The van der Waals surface area contributed by atoms with Crippen molar-refractivity contribution in [2.45, 2.75) is 162 Å². The summed E-state index contributed by atoms with van der Waals surface area (Å²) in [5.74, 6) is 3.72. The molecule has 3 heterocycles. The molecule has 3 aliphatic carbocycles. The van der Waals surface area contributed by atoms with Crippen LogP contribution in [0.5, 0.6) is 0 Å². The quantitative estimate of drug-likeness (QED) is 0.0404. The van der Waals surface area contributed by atoms with Gasteiger partial charge in [-0.25, -0.2) is 4.79 Å². The van der Waals surface area contributed by atoms with Crippen molar-refractivity contribution >= 4 is 61.1 Å². The number of hydrogen-bond acceptors (Lipinski definition) is 14. The largest absolute Gasteiger partial charge is 0.471 e. The minimum Gasteiger partial charge on any atom is -0.372 e. The summed E-state index contributed by atoms with van der Waals surface area (Å²) in [6, 6.07) is -0.242. The van der Waals surface area contributed by atoms with E-state index in [0.717, 1.165) is 121 Å². The lowest BCUT2D eigenvalue weighted by Crippen LogP contribution is -2.49. The Morgan fingerprint density at radius 3 is 1.81 bits per heavy atom. The number of primary amides is 1. The number of alkyl halides is 8. The van der Waals surface area contributed by atoms with E-state index in [1.807, 2.05) is 26.8 Å². The lowest BCUT2D eigenvalue weighted by Gasteiger charge is -2.26. The fourth-order valence-electron chi connectivity index (χ4n) is 8.96. The first-order chi connectivity index (χ1) is 37.9. The van der Waals surface area contributed by atoms with Crippen LogP contribution in [0.15, 0.2) is 6.20 Å². The molecule has 6 fully saturated rings. The van der Waals surface area contributed by atoms with Crippen LogP contribution in [0.1, 0.15) is 130 Å². The van der Waals surface area contributed by atoms with Crippen molar-refractivity contribution in [3.8, 4) is 0 Å². The van der Waals surface area contributed by atoms with Gasteiger partial charge in [-0.15, -0.1) is 0 Å². The summed E-state index contributed by atoms with van der Waals surface area (Å²) < 4.78 is 92.7. The van der Waals surface area contributed by atoms with Crippen LogP contribution >= 0.6 is 0 Å². The van der Waals surface area contributed by atoms with Crippen LogP contribution in [0, 0.1) is 41.4 Å².